The lowest BCUT2D eigenvalue weighted by atomic mass is 9.83. The van der Waals surface area contributed by atoms with Gasteiger partial charge in [-0.25, -0.2) is 0 Å². The number of nitrogens with one attached hydrogen (secondary N) is 1. The first-order chi connectivity index (χ1) is 15.6. The highest BCUT2D eigenvalue weighted by molar-refractivity contribution is 5.98. The Balaban J connectivity index is 1.26. The van der Waals surface area contributed by atoms with E-state index >= 15 is 0 Å². The van der Waals surface area contributed by atoms with Gasteiger partial charge in [0.2, 0.25) is 5.91 Å². The van der Waals surface area contributed by atoms with Gasteiger partial charge in [-0.15, -0.1) is 0 Å². The number of H-pyrrole nitrogens is 1. The number of ether oxygens (including phenoxy) is 1. The molecule has 0 spiro atoms. The molecule has 0 saturated carbocycles. The number of hydrogen-bond donors (Lipinski definition) is 1. The maximum absolute atomic E-state index is 13.2. The summed E-state index contributed by atoms with van der Waals surface area (Å²) in [5.74, 6) is 1.33. The number of aromatic nitrogens is 1. The topological polar surface area (TPSA) is 65.6 Å². The molecule has 1 aromatic heterocycles. The summed E-state index contributed by atoms with van der Waals surface area (Å²) in [6, 6.07) is 17.8. The highest BCUT2D eigenvalue weighted by atomic mass is 16.5. The zero-order valence-electron chi connectivity index (χ0n) is 18.4. The molecule has 0 unspecified atom stereocenters. The SMILES string of the molecule is COc1cccc(CC(=O)N2CCC[C@@H]3CN(C(=O)c4cc5ccccc5[nH]4)CC[C@@H]32)c1. The van der Waals surface area contributed by atoms with Crippen LogP contribution in [0.4, 0.5) is 0 Å². The van der Waals surface area contributed by atoms with E-state index in [4.69, 9.17) is 4.74 Å². The second-order valence-electron chi connectivity index (χ2n) is 8.90. The van der Waals surface area contributed by atoms with Gasteiger partial charge in [-0.2, -0.15) is 0 Å². The minimum Gasteiger partial charge on any atom is -0.497 e. The van der Waals surface area contributed by atoms with Crippen molar-refractivity contribution in [3.63, 3.8) is 0 Å². The van der Waals surface area contributed by atoms with Crippen molar-refractivity contribution in [1.82, 2.24) is 14.8 Å². The molecular formula is C26H29N3O3. The van der Waals surface area contributed by atoms with Crippen LogP contribution in [0.3, 0.4) is 0 Å². The Morgan fingerprint density at radius 1 is 1.06 bits per heavy atom. The van der Waals surface area contributed by atoms with Gasteiger partial charge in [0.25, 0.3) is 5.91 Å². The van der Waals surface area contributed by atoms with Crippen LogP contribution in [0.15, 0.2) is 54.6 Å². The van der Waals surface area contributed by atoms with E-state index in [0.29, 0.717) is 31.1 Å². The molecule has 6 heteroatoms. The van der Waals surface area contributed by atoms with Crippen molar-refractivity contribution in [3.05, 3.63) is 65.9 Å². The van der Waals surface area contributed by atoms with E-state index in [0.717, 1.165) is 48.0 Å². The van der Waals surface area contributed by atoms with Crippen molar-refractivity contribution in [1.29, 1.82) is 0 Å². The highest BCUT2D eigenvalue weighted by Crippen LogP contribution is 2.32. The minimum atomic E-state index is 0.0551. The predicted octanol–water partition coefficient (Wildman–Crippen LogP) is 3.87. The van der Waals surface area contributed by atoms with Crippen LogP contribution in [-0.4, -0.2) is 59.4 Å². The third-order valence-corrected chi connectivity index (χ3v) is 6.93. The quantitative estimate of drug-likeness (QED) is 0.682. The summed E-state index contributed by atoms with van der Waals surface area (Å²) in [7, 11) is 1.64. The van der Waals surface area contributed by atoms with Gasteiger partial charge < -0.3 is 19.5 Å². The molecule has 2 fully saturated rings. The fourth-order valence-corrected chi connectivity index (χ4v) is 5.32. The number of carbonyl (C=O) groups is 2. The fourth-order valence-electron chi connectivity index (χ4n) is 5.32. The molecule has 5 rings (SSSR count). The van der Waals surface area contributed by atoms with Gasteiger partial charge >= 0.3 is 0 Å². The second kappa shape index (κ2) is 8.69. The van der Waals surface area contributed by atoms with Crippen molar-refractivity contribution in [3.8, 4) is 5.75 Å². The summed E-state index contributed by atoms with van der Waals surface area (Å²) in [6.07, 6.45) is 3.27. The molecule has 6 nitrogen and oxygen atoms in total. The van der Waals surface area contributed by atoms with Gasteiger partial charge in [-0.05, 0) is 55.0 Å². The molecule has 2 aromatic carbocycles. The lowest BCUT2D eigenvalue weighted by Gasteiger charge is -2.47. The van der Waals surface area contributed by atoms with Crippen molar-refractivity contribution in [2.75, 3.05) is 26.7 Å². The summed E-state index contributed by atoms with van der Waals surface area (Å²) in [6.45, 7) is 2.19. The molecule has 3 aromatic rings. The molecule has 2 aliphatic rings. The molecule has 1 N–H and O–H groups in total. The number of likely N-dealkylation sites (tertiary alicyclic amines) is 2. The van der Waals surface area contributed by atoms with Gasteiger partial charge in [0.1, 0.15) is 11.4 Å². The first-order valence-electron chi connectivity index (χ1n) is 11.4. The highest BCUT2D eigenvalue weighted by Gasteiger charge is 2.39. The number of aromatic amines is 1. The largest absolute Gasteiger partial charge is 0.497 e. The Morgan fingerprint density at radius 3 is 2.78 bits per heavy atom. The van der Waals surface area contributed by atoms with Gasteiger partial charge in [0.15, 0.2) is 0 Å². The molecule has 2 aliphatic heterocycles. The number of benzene rings is 2. The number of amides is 2. The fraction of sp³-hybridized carbons (Fsp3) is 0.385. The summed E-state index contributed by atoms with van der Waals surface area (Å²) < 4.78 is 5.29. The van der Waals surface area contributed by atoms with Gasteiger partial charge in [-0.1, -0.05) is 30.3 Å². The Bertz CT molecular complexity index is 1110. The van der Waals surface area contributed by atoms with E-state index in [1.54, 1.807) is 7.11 Å². The number of methoxy groups -OCH3 is 1. The lowest BCUT2D eigenvalue weighted by molar-refractivity contribution is -0.137. The Morgan fingerprint density at radius 2 is 1.94 bits per heavy atom. The molecule has 2 saturated heterocycles. The summed E-state index contributed by atoms with van der Waals surface area (Å²) >= 11 is 0. The smallest absolute Gasteiger partial charge is 0.270 e. The average Bonchev–Trinajstić information content (AvgIpc) is 3.27. The Hall–Kier alpha value is -3.28. The van der Waals surface area contributed by atoms with E-state index in [1.165, 1.54) is 0 Å². The molecule has 3 heterocycles. The second-order valence-corrected chi connectivity index (χ2v) is 8.90. The number of para-hydroxylation sites is 1. The maximum atomic E-state index is 13.2. The van der Waals surface area contributed by atoms with Crippen LogP contribution in [0.2, 0.25) is 0 Å². The van der Waals surface area contributed by atoms with Crippen LogP contribution < -0.4 is 4.74 Å². The molecule has 0 aliphatic carbocycles. The van der Waals surface area contributed by atoms with Gasteiger partial charge in [0, 0.05) is 36.6 Å². The average molecular weight is 432 g/mol. The van der Waals surface area contributed by atoms with Crippen LogP contribution in [0, 0.1) is 5.92 Å². The molecule has 0 bridgehead atoms. The van der Waals surface area contributed by atoms with Gasteiger partial charge in [0.05, 0.1) is 13.5 Å². The number of carbonyl (C=O) groups excluding carboxylic acids is 2. The minimum absolute atomic E-state index is 0.0551. The van der Waals surface area contributed by atoms with E-state index in [1.807, 2.05) is 59.5 Å². The zero-order valence-corrected chi connectivity index (χ0v) is 18.4. The number of rotatable bonds is 4. The van der Waals surface area contributed by atoms with Crippen LogP contribution in [0.5, 0.6) is 5.75 Å². The summed E-state index contributed by atoms with van der Waals surface area (Å²) in [4.78, 5) is 33.6. The van der Waals surface area contributed by atoms with Crippen LogP contribution in [0.25, 0.3) is 10.9 Å². The third kappa shape index (κ3) is 3.97. The number of nitrogens with zero attached hydrogens (tertiary/aromatic N) is 2. The van der Waals surface area contributed by atoms with Crippen molar-refractivity contribution in [2.24, 2.45) is 5.92 Å². The Labute approximate surface area is 188 Å². The zero-order chi connectivity index (χ0) is 22.1. The van der Waals surface area contributed by atoms with Crippen LogP contribution in [0.1, 0.15) is 35.3 Å². The summed E-state index contributed by atoms with van der Waals surface area (Å²) in [5, 5.41) is 1.05. The number of hydrogen-bond acceptors (Lipinski definition) is 3. The number of piperidine rings is 2. The van der Waals surface area contributed by atoms with E-state index in [9.17, 15) is 9.59 Å². The summed E-state index contributed by atoms with van der Waals surface area (Å²) in [5.41, 5.74) is 2.60. The first kappa shape index (κ1) is 20.6. The van der Waals surface area contributed by atoms with Crippen LogP contribution >= 0.6 is 0 Å². The molecule has 32 heavy (non-hydrogen) atoms. The lowest BCUT2D eigenvalue weighted by Crippen LogP contribution is -2.57. The van der Waals surface area contributed by atoms with Crippen molar-refractivity contribution >= 4 is 22.7 Å². The maximum Gasteiger partial charge on any atom is 0.270 e. The number of fused-ring (bicyclic) bond motifs is 2. The van der Waals surface area contributed by atoms with Crippen molar-refractivity contribution < 1.29 is 14.3 Å². The first-order valence-corrected chi connectivity index (χ1v) is 11.4. The predicted molar refractivity (Wildman–Crippen MR) is 124 cm³/mol. The van der Waals surface area contributed by atoms with E-state index in [2.05, 4.69) is 9.88 Å². The van der Waals surface area contributed by atoms with Crippen LogP contribution in [-0.2, 0) is 11.2 Å². The molecule has 2 amide bonds. The Kier molecular flexibility index (Phi) is 5.60. The molecular weight excluding hydrogens is 402 g/mol. The third-order valence-electron chi connectivity index (χ3n) is 6.93. The monoisotopic (exact) mass is 431 g/mol. The normalized spacial score (nSPS) is 20.8. The standard InChI is InChI=1S/C26H29N3O3/c1-32-21-9-4-6-18(14-21)15-25(30)29-12-5-8-20-17-28(13-11-24(20)29)26(31)23-16-19-7-2-3-10-22(19)27-23/h2-4,6-7,9-10,14,16,20,24,27H,5,8,11-13,15,17H2,1H3/t20-,24+/m1/s1. The molecule has 2 atom stereocenters. The molecule has 0 radical (unpaired) electrons. The molecule has 166 valence electrons. The van der Waals surface area contributed by atoms with Crippen molar-refractivity contribution in [2.45, 2.75) is 31.7 Å². The van der Waals surface area contributed by atoms with E-state index < -0.39 is 0 Å². The van der Waals surface area contributed by atoms with Gasteiger partial charge in [-0.3, -0.25) is 9.59 Å². The van der Waals surface area contributed by atoms with E-state index in [-0.39, 0.29) is 17.9 Å².